The Morgan fingerprint density at radius 1 is 1.42 bits per heavy atom. The van der Waals surface area contributed by atoms with E-state index in [1.165, 1.54) is 0 Å². The number of hydrogen-bond acceptors (Lipinski definition) is 4. The number of amides is 1. The lowest BCUT2D eigenvalue weighted by molar-refractivity contribution is -0.115. The molecule has 0 aliphatic carbocycles. The Kier molecular flexibility index (Phi) is 2.73. The van der Waals surface area contributed by atoms with Crippen LogP contribution in [0.1, 0.15) is 5.56 Å². The van der Waals surface area contributed by atoms with Gasteiger partial charge in [0.1, 0.15) is 6.07 Å². The van der Waals surface area contributed by atoms with Crippen LogP contribution in [0.2, 0.25) is 0 Å². The van der Waals surface area contributed by atoms with E-state index < -0.39 is 0 Å². The fourth-order valence-electron chi connectivity index (χ4n) is 2.14. The summed E-state index contributed by atoms with van der Waals surface area (Å²) in [5.41, 5.74) is 3.58. The van der Waals surface area contributed by atoms with Gasteiger partial charge in [-0.2, -0.15) is 5.26 Å². The number of fused-ring (bicyclic) bond motifs is 1. The van der Waals surface area contributed by atoms with E-state index in [1.807, 2.05) is 41.6 Å². The molecule has 19 heavy (non-hydrogen) atoms. The average Bonchev–Trinajstić information content (AvgIpc) is 2.87. The van der Waals surface area contributed by atoms with Gasteiger partial charge in [0, 0.05) is 17.3 Å². The van der Waals surface area contributed by atoms with E-state index >= 15 is 0 Å². The molecule has 0 saturated heterocycles. The van der Waals surface area contributed by atoms with Crippen molar-refractivity contribution in [3.8, 4) is 16.5 Å². The molecular formula is C14H11N3OS. The first kappa shape index (κ1) is 11.8. The molecule has 1 aromatic heterocycles. The predicted molar refractivity (Wildman–Crippen MR) is 76.4 cm³/mol. The van der Waals surface area contributed by atoms with E-state index in [2.05, 4.69) is 11.4 Å². The third-order valence-corrected chi connectivity index (χ3v) is 4.06. The molecule has 1 aromatic carbocycles. The van der Waals surface area contributed by atoms with Gasteiger partial charge in [-0.3, -0.25) is 4.79 Å². The van der Waals surface area contributed by atoms with Crippen molar-refractivity contribution in [3.63, 3.8) is 0 Å². The maximum absolute atomic E-state index is 11.4. The molecule has 0 spiro atoms. The van der Waals surface area contributed by atoms with Gasteiger partial charge in [-0.25, -0.2) is 0 Å². The monoisotopic (exact) mass is 269 g/mol. The van der Waals surface area contributed by atoms with E-state index in [-0.39, 0.29) is 5.91 Å². The van der Waals surface area contributed by atoms with Crippen LogP contribution in [0.3, 0.4) is 0 Å². The van der Waals surface area contributed by atoms with Gasteiger partial charge in [-0.15, -0.1) is 11.3 Å². The second-order valence-corrected chi connectivity index (χ2v) is 5.36. The van der Waals surface area contributed by atoms with Crippen LogP contribution in [-0.4, -0.2) is 19.5 Å². The minimum atomic E-state index is 0.00522. The number of rotatable bonds is 1. The number of nitrogens with zero attached hydrogens (tertiary/aromatic N) is 2. The van der Waals surface area contributed by atoms with Crippen molar-refractivity contribution in [3.05, 3.63) is 35.2 Å². The van der Waals surface area contributed by atoms with Crippen LogP contribution >= 0.6 is 11.3 Å². The zero-order valence-electron chi connectivity index (χ0n) is 10.3. The SMILES string of the molecule is CN1CC(=O)Nc2ccc(-c3cc(C#N)cs3)cc21. The molecule has 3 rings (SSSR count). The molecule has 0 radical (unpaired) electrons. The summed E-state index contributed by atoms with van der Waals surface area (Å²) in [7, 11) is 1.90. The Morgan fingerprint density at radius 2 is 2.26 bits per heavy atom. The second kappa shape index (κ2) is 4.41. The minimum Gasteiger partial charge on any atom is -0.364 e. The van der Waals surface area contributed by atoms with Gasteiger partial charge in [0.25, 0.3) is 0 Å². The number of nitrogens with one attached hydrogen (secondary N) is 1. The number of anilines is 2. The van der Waals surface area contributed by atoms with Crippen LogP contribution in [0, 0.1) is 11.3 Å². The largest absolute Gasteiger partial charge is 0.364 e. The number of thiophene rings is 1. The van der Waals surface area contributed by atoms with Crippen molar-refractivity contribution in [1.82, 2.24) is 0 Å². The highest BCUT2D eigenvalue weighted by Crippen LogP contribution is 2.35. The first-order chi connectivity index (χ1) is 9.17. The van der Waals surface area contributed by atoms with Crippen molar-refractivity contribution in [1.29, 1.82) is 5.26 Å². The van der Waals surface area contributed by atoms with Crippen LogP contribution in [0.15, 0.2) is 29.6 Å². The first-order valence-electron chi connectivity index (χ1n) is 5.81. The summed E-state index contributed by atoms with van der Waals surface area (Å²) in [6, 6.07) is 9.93. The summed E-state index contributed by atoms with van der Waals surface area (Å²) in [5.74, 6) is 0.00522. The maximum atomic E-state index is 11.4. The van der Waals surface area contributed by atoms with Gasteiger partial charge in [0.15, 0.2) is 0 Å². The normalized spacial score (nSPS) is 13.7. The van der Waals surface area contributed by atoms with Gasteiger partial charge in [0.05, 0.1) is 23.5 Å². The predicted octanol–water partition coefficient (Wildman–Crippen LogP) is 2.68. The fraction of sp³-hybridized carbons (Fsp3) is 0.143. The molecule has 0 bridgehead atoms. The number of carbonyl (C=O) groups is 1. The van der Waals surface area contributed by atoms with Crippen LogP contribution < -0.4 is 10.2 Å². The molecule has 4 nitrogen and oxygen atoms in total. The zero-order valence-corrected chi connectivity index (χ0v) is 11.1. The summed E-state index contributed by atoms with van der Waals surface area (Å²) in [5, 5.41) is 13.6. The van der Waals surface area contributed by atoms with Crippen molar-refractivity contribution in [2.45, 2.75) is 0 Å². The van der Waals surface area contributed by atoms with Gasteiger partial charge >= 0.3 is 0 Å². The second-order valence-electron chi connectivity index (χ2n) is 4.45. The topological polar surface area (TPSA) is 56.1 Å². The third-order valence-electron chi connectivity index (χ3n) is 3.08. The van der Waals surface area contributed by atoms with E-state index in [1.54, 1.807) is 11.3 Å². The molecule has 1 N–H and O–H groups in total. The molecule has 0 unspecified atom stereocenters. The van der Waals surface area contributed by atoms with Crippen LogP contribution in [0.5, 0.6) is 0 Å². The molecule has 2 heterocycles. The summed E-state index contributed by atoms with van der Waals surface area (Å²) in [6.45, 7) is 0.365. The minimum absolute atomic E-state index is 0.00522. The van der Waals surface area contributed by atoms with Gasteiger partial charge in [-0.05, 0) is 23.8 Å². The highest BCUT2D eigenvalue weighted by Gasteiger charge is 2.19. The molecule has 2 aromatic rings. The van der Waals surface area contributed by atoms with Gasteiger partial charge in [-0.1, -0.05) is 6.07 Å². The molecule has 1 amide bonds. The third kappa shape index (κ3) is 2.07. The number of nitriles is 1. The van der Waals surface area contributed by atoms with E-state index in [9.17, 15) is 4.79 Å². The van der Waals surface area contributed by atoms with Crippen LogP contribution in [-0.2, 0) is 4.79 Å². The van der Waals surface area contributed by atoms with Crippen LogP contribution in [0.25, 0.3) is 10.4 Å². The summed E-state index contributed by atoms with van der Waals surface area (Å²) in [6.07, 6.45) is 0. The highest BCUT2D eigenvalue weighted by atomic mass is 32.1. The fourth-order valence-corrected chi connectivity index (χ4v) is 2.98. The Labute approximate surface area is 114 Å². The molecule has 1 aliphatic heterocycles. The summed E-state index contributed by atoms with van der Waals surface area (Å²) in [4.78, 5) is 14.4. The average molecular weight is 269 g/mol. The molecule has 5 heteroatoms. The van der Waals surface area contributed by atoms with E-state index in [4.69, 9.17) is 5.26 Å². The number of benzene rings is 1. The molecule has 1 aliphatic rings. The maximum Gasteiger partial charge on any atom is 0.243 e. The van der Waals surface area contributed by atoms with Crippen molar-refractivity contribution < 1.29 is 4.79 Å². The quantitative estimate of drug-likeness (QED) is 0.866. The molecule has 0 saturated carbocycles. The highest BCUT2D eigenvalue weighted by molar-refractivity contribution is 7.13. The smallest absolute Gasteiger partial charge is 0.243 e. The van der Waals surface area contributed by atoms with Crippen molar-refractivity contribution >= 4 is 28.6 Å². The lowest BCUT2D eigenvalue weighted by atomic mass is 10.1. The molecule has 0 fully saturated rings. The number of likely N-dealkylation sites (N-methyl/N-ethyl adjacent to an activating group) is 1. The van der Waals surface area contributed by atoms with E-state index in [0.717, 1.165) is 21.8 Å². The van der Waals surface area contributed by atoms with Gasteiger partial charge in [0.2, 0.25) is 5.91 Å². The Morgan fingerprint density at radius 3 is 3.00 bits per heavy atom. The summed E-state index contributed by atoms with van der Waals surface area (Å²) >= 11 is 1.55. The van der Waals surface area contributed by atoms with Crippen molar-refractivity contribution in [2.75, 3.05) is 23.8 Å². The summed E-state index contributed by atoms with van der Waals surface area (Å²) < 4.78 is 0. The Bertz CT molecular complexity index is 699. The molecule has 0 atom stereocenters. The van der Waals surface area contributed by atoms with Crippen molar-refractivity contribution in [2.24, 2.45) is 0 Å². The zero-order chi connectivity index (χ0) is 13.4. The van der Waals surface area contributed by atoms with Gasteiger partial charge < -0.3 is 10.2 Å². The number of carbonyl (C=O) groups excluding carboxylic acids is 1. The van der Waals surface area contributed by atoms with Crippen LogP contribution in [0.4, 0.5) is 11.4 Å². The number of hydrogen-bond donors (Lipinski definition) is 1. The standard InChI is InChI=1S/C14H11N3OS/c1-17-7-14(18)16-11-3-2-10(5-12(11)17)13-4-9(6-15)8-19-13/h2-5,8H,7H2,1H3,(H,16,18). The Balaban J connectivity index is 2.04. The lowest BCUT2D eigenvalue weighted by Gasteiger charge is -2.27. The molecular weight excluding hydrogens is 258 g/mol. The molecule has 94 valence electrons. The lowest BCUT2D eigenvalue weighted by Crippen LogP contribution is -2.35. The Hall–Kier alpha value is -2.32. The first-order valence-corrected chi connectivity index (χ1v) is 6.69. The van der Waals surface area contributed by atoms with E-state index in [0.29, 0.717) is 12.1 Å².